The summed E-state index contributed by atoms with van der Waals surface area (Å²) in [5.41, 5.74) is 1.21. The summed E-state index contributed by atoms with van der Waals surface area (Å²) in [6, 6.07) is 2.74. The minimum atomic E-state index is 0.559. The molecule has 3 nitrogen and oxygen atoms in total. The summed E-state index contributed by atoms with van der Waals surface area (Å²) in [6.45, 7) is 7.82. The van der Waals surface area contributed by atoms with Crippen LogP contribution in [0.15, 0.2) is 12.3 Å². The predicted octanol–water partition coefficient (Wildman–Crippen LogP) is 3.60. The van der Waals surface area contributed by atoms with Gasteiger partial charge in [0.1, 0.15) is 0 Å². The number of aromatic nitrogens is 2. The standard InChI is InChI=1S/C14H24BrN3/c1-3-14(4-2)18-9-7-13(16-18)11-17-8-5-6-12(15)10-17/h7,9,12,14H,3-6,8,10-11H2,1-2H3. The van der Waals surface area contributed by atoms with E-state index in [1.807, 2.05) is 0 Å². The molecule has 1 fully saturated rings. The molecule has 4 heteroatoms. The third kappa shape index (κ3) is 3.58. The van der Waals surface area contributed by atoms with Crippen LogP contribution in [-0.4, -0.2) is 32.6 Å². The minimum absolute atomic E-state index is 0.559. The fourth-order valence-corrected chi connectivity index (χ4v) is 3.43. The molecule has 2 rings (SSSR count). The van der Waals surface area contributed by atoms with E-state index in [4.69, 9.17) is 5.10 Å². The zero-order valence-electron chi connectivity index (χ0n) is 11.5. The maximum atomic E-state index is 4.73. The summed E-state index contributed by atoms with van der Waals surface area (Å²) >= 11 is 3.73. The lowest BCUT2D eigenvalue weighted by molar-refractivity contribution is 0.224. The van der Waals surface area contributed by atoms with Gasteiger partial charge in [0.05, 0.1) is 11.7 Å². The molecule has 1 aliphatic rings. The van der Waals surface area contributed by atoms with Gasteiger partial charge in [-0.05, 0) is 38.3 Å². The van der Waals surface area contributed by atoms with Gasteiger partial charge < -0.3 is 0 Å². The largest absolute Gasteiger partial charge is 0.296 e. The summed E-state index contributed by atoms with van der Waals surface area (Å²) in [6.07, 6.45) is 7.06. The van der Waals surface area contributed by atoms with Crippen molar-refractivity contribution in [3.8, 4) is 0 Å². The first-order valence-corrected chi connectivity index (χ1v) is 8.05. The van der Waals surface area contributed by atoms with E-state index in [1.165, 1.54) is 25.1 Å². The topological polar surface area (TPSA) is 21.1 Å². The average molecular weight is 314 g/mol. The Bertz CT molecular complexity index is 360. The molecule has 18 heavy (non-hydrogen) atoms. The third-order valence-electron chi connectivity index (χ3n) is 3.81. The summed E-state index contributed by atoms with van der Waals surface area (Å²) in [5, 5.41) is 4.73. The van der Waals surface area contributed by atoms with Crippen LogP contribution in [0.1, 0.15) is 51.3 Å². The maximum absolute atomic E-state index is 4.73. The second kappa shape index (κ2) is 6.71. The molecule has 0 spiro atoms. The first-order valence-electron chi connectivity index (χ1n) is 7.13. The maximum Gasteiger partial charge on any atom is 0.0764 e. The molecule has 0 N–H and O–H groups in total. The van der Waals surface area contributed by atoms with Crippen molar-refractivity contribution < 1.29 is 0 Å². The molecule has 0 radical (unpaired) electrons. The van der Waals surface area contributed by atoms with E-state index in [1.54, 1.807) is 0 Å². The lowest BCUT2D eigenvalue weighted by Gasteiger charge is -2.29. The number of likely N-dealkylation sites (tertiary alicyclic amines) is 1. The van der Waals surface area contributed by atoms with E-state index in [-0.39, 0.29) is 0 Å². The lowest BCUT2D eigenvalue weighted by atomic mass is 10.1. The molecule has 0 aromatic carbocycles. The van der Waals surface area contributed by atoms with Gasteiger partial charge in [-0.25, -0.2) is 0 Å². The van der Waals surface area contributed by atoms with Crippen molar-refractivity contribution in [1.82, 2.24) is 14.7 Å². The molecule has 1 aromatic heterocycles. The van der Waals surface area contributed by atoms with Crippen LogP contribution in [0.5, 0.6) is 0 Å². The summed E-state index contributed by atoms with van der Waals surface area (Å²) in [5.74, 6) is 0. The van der Waals surface area contributed by atoms with Gasteiger partial charge in [-0.1, -0.05) is 29.8 Å². The number of hydrogen-bond donors (Lipinski definition) is 0. The van der Waals surface area contributed by atoms with Gasteiger partial charge in [-0.2, -0.15) is 5.10 Å². The quantitative estimate of drug-likeness (QED) is 0.774. The fraction of sp³-hybridized carbons (Fsp3) is 0.786. The van der Waals surface area contributed by atoms with Crippen molar-refractivity contribution in [2.24, 2.45) is 0 Å². The lowest BCUT2D eigenvalue weighted by Crippen LogP contribution is -2.35. The molecule has 1 aliphatic heterocycles. The number of piperidine rings is 1. The van der Waals surface area contributed by atoms with Crippen LogP contribution in [-0.2, 0) is 6.54 Å². The van der Waals surface area contributed by atoms with E-state index in [0.29, 0.717) is 10.9 Å². The predicted molar refractivity (Wildman–Crippen MR) is 79.1 cm³/mol. The van der Waals surface area contributed by atoms with Crippen LogP contribution < -0.4 is 0 Å². The Morgan fingerprint density at radius 3 is 2.89 bits per heavy atom. The molecule has 0 saturated carbocycles. The number of nitrogens with zero attached hydrogens (tertiary/aromatic N) is 3. The molecule has 1 aromatic rings. The van der Waals surface area contributed by atoms with Crippen molar-refractivity contribution >= 4 is 15.9 Å². The molecule has 102 valence electrons. The smallest absolute Gasteiger partial charge is 0.0764 e. The summed E-state index contributed by atoms with van der Waals surface area (Å²) in [7, 11) is 0. The van der Waals surface area contributed by atoms with Crippen LogP contribution in [0.3, 0.4) is 0 Å². The van der Waals surface area contributed by atoms with Gasteiger partial charge in [0.2, 0.25) is 0 Å². The summed E-state index contributed by atoms with van der Waals surface area (Å²) < 4.78 is 2.14. The minimum Gasteiger partial charge on any atom is -0.296 e. The Labute approximate surface area is 119 Å². The Balaban J connectivity index is 1.93. The first-order chi connectivity index (χ1) is 8.72. The Morgan fingerprint density at radius 2 is 2.22 bits per heavy atom. The highest BCUT2D eigenvalue weighted by molar-refractivity contribution is 9.09. The number of hydrogen-bond acceptors (Lipinski definition) is 2. The van der Waals surface area contributed by atoms with Crippen LogP contribution in [0.25, 0.3) is 0 Å². The molecule has 0 amide bonds. The Morgan fingerprint density at radius 1 is 1.44 bits per heavy atom. The van der Waals surface area contributed by atoms with Crippen molar-refractivity contribution in [1.29, 1.82) is 0 Å². The Hall–Kier alpha value is -0.350. The molecular weight excluding hydrogens is 290 g/mol. The van der Waals surface area contributed by atoms with E-state index in [2.05, 4.69) is 51.6 Å². The molecule has 1 unspecified atom stereocenters. The van der Waals surface area contributed by atoms with Crippen LogP contribution in [0, 0.1) is 0 Å². The fourth-order valence-electron chi connectivity index (χ4n) is 2.70. The third-order valence-corrected chi connectivity index (χ3v) is 4.56. The van der Waals surface area contributed by atoms with Crippen molar-refractivity contribution in [3.63, 3.8) is 0 Å². The average Bonchev–Trinajstić information content (AvgIpc) is 2.79. The molecule has 2 heterocycles. The second-order valence-electron chi connectivity index (χ2n) is 5.23. The van der Waals surface area contributed by atoms with E-state index in [9.17, 15) is 0 Å². The SMILES string of the molecule is CCC(CC)n1ccc(CN2CCCC(Br)C2)n1. The van der Waals surface area contributed by atoms with Gasteiger partial charge in [0.25, 0.3) is 0 Å². The van der Waals surface area contributed by atoms with E-state index in [0.717, 1.165) is 25.9 Å². The Kier molecular flexibility index (Phi) is 5.25. The highest BCUT2D eigenvalue weighted by atomic mass is 79.9. The molecule has 1 atom stereocenters. The van der Waals surface area contributed by atoms with Crippen LogP contribution in [0.4, 0.5) is 0 Å². The van der Waals surface area contributed by atoms with E-state index >= 15 is 0 Å². The molecular formula is C14H24BrN3. The highest BCUT2D eigenvalue weighted by Crippen LogP contribution is 2.19. The number of rotatable bonds is 5. The molecule has 1 saturated heterocycles. The molecule has 0 aliphatic carbocycles. The van der Waals surface area contributed by atoms with E-state index < -0.39 is 0 Å². The van der Waals surface area contributed by atoms with Crippen molar-refractivity contribution in [3.05, 3.63) is 18.0 Å². The van der Waals surface area contributed by atoms with Crippen molar-refractivity contribution in [2.75, 3.05) is 13.1 Å². The van der Waals surface area contributed by atoms with Crippen LogP contribution in [0.2, 0.25) is 0 Å². The monoisotopic (exact) mass is 313 g/mol. The second-order valence-corrected chi connectivity index (χ2v) is 6.53. The zero-order chi connectivity index (χ0) is 13.0. The van der Waals surface area contributed by atoms with Crippen LogP contribution >= 0.6 is 15.9 Å². The highest BCUT2D eigenvalue weighted by Gasteiger charge is 2.18. The zero-order valence-corrected chi connectivity index (χ0v) is 13.1. The number of alkyl halides is 1. The number of halogens is 1. The van der Waals surface area contributed by atoms with Gasteiger partial charge in [-0.15, -0.1) is 0 Å². The summed E-state index contributed by atoms with van der Waals surface area (Å²) in [4.78, 5) is 3.16. The van der Waals surface area contributed by atoms with Gasteiger partial charge >= 0.3 is 0 Å². The first kappa shape index (κ1) is 14.1. The normalized spacial score (nSPS) is 21.7. The van der Waals surface area contributed by atoms with Gasteiger partial charge in [0, 0.05) is 24.1 Å². The van der Waals surface area contributed by atoms with Gasteiger partial charge in [0.15, 0.2) is 0 Å². The van der Waals surface area contributed by atoms with Crippen molar-refractivity contribution in [2.45, 2.75) is 56.9 Å². The molecule has 0 bridgehead atoms. The van der Waals surface area contributed by atoms with Gasteiger partial charge in [-0.3, -0.25) is 9.58 Å².